The second kappa shape index (κ2) is 8.23. The summed E-state index contributed by atoms with van der Waals surface area (Å²) in [5.74, 6) is 0.261. The smallest absolute Gasteiger partial charge is 0.349 e. The van der Waals surface area contributed by atoms with E-state index in [1.165, 1.54) is 10.9 Å². The maximum atomic E-state index is 12.9. The minimum Gasteiger partial charge on any atom is -0.427 e. The maximum Gasteiger partial charge on any atom is 0.349 e. The van der Waals surface area contributed by atoms with Gasteiger partial charge in [0, 0.05) is 43.2 Å². The molecule has 1 amide bonds. The number of ether oxygens (including phenoxy) is 1. The summed E-state index contributed by atoms with van der Waals surface area (Å²) in [6, 6.07) is 9.90. The van der Waals surface area contributed by atoms with Crippen LogP contribution in [0.25, 0.3) is 10.9 Å². The number of nitrogens with one attached hydrogen (secondary N) is 1. The standard InChI is InChI=1S/C22H25N3O4/c1-14-10-16(7-6-15-12-24-19-5-3-2-4-18(15)19)29-22(27)20(14)21(26)25-8-9-28-17(11-23)13-25/h2-5,10,12,17,24H,6-9,11,13,23H2,1H3. The molecule has 1 aromatic carbocycles. The predicted octanol–water partition coefficient (Wildman–Crippen LogP) is 2.01. The number of nitrogens with two attached hydrogens (primary N) is 1. The fourth-order valence-electron chi connectivity index (χ4n) is 3.85. The average molecular weight is 395 g/mol. The van der Waals surface area contributed by atoms with Gasteiger partial charge in [-0.15, -0.1) is 0 Å². The van der Waals surface area contributed by atoms with Crippen LogP contribution in [0.2, 0.25) is 0 Å². The van der Waals surface area contributed by atoms with Gasteiger partial charge in [-0.25, -0.2) is 4.79 Å². The zero-order valence-electron chi connectivity index (χ0n) is 16.4. The summed E-state index contributed by atoms with van der Waals surface area (Å²) in [4.78, 5) is 30.3. The molecule has 0 spiro atoms. The van der Waals surface area contributed by atoms with Gasteiger partial charge in [0.05, 0.1) is 12.7 Å². The van der Waals surface area contributed by atoms with Crippen molar-refractivity contribution in [1.29, 1.82) is 0 Å². The molecule has 1 unspecified atom stereocenters. The highest BCUT2D eigenvalue weighted by Crippen LogP contribution is 2.20. The van der Waals surface area contributed by atoms with Crippen molar-refractivity contribution in [1.82, 2.24) is 9.88 Å². The van der Waals surface area contributed by atoms with Crippen LogP contribution in [-0.4, -0.2) is 48.1 Å². The summed E-state index contributed by atoms with van der Waals surface area (Å²) < 4.78 is 11.0. The Labute approximate surface area is 168 Å². The van der Waals surface area contributed by atoms with Crippen molar-refractivity contribution in [3.05, 3.63) is 69.4 Å². The summed E-state index contributed by atoms with van der Waals surface area (Å²) in [6.07, 6.45) is 3.11. The Morgan fingerprint density at radius 2 is 2.14 bits per heavy atom. The lowest BCUT2D eigenvalue weighted by Gasteiger charge is -2.32. The molecule has 3 heterocycles. The largest absolute Gasteiger partial charge is 0.427 e. The van der Waals surface area contributed by atoms with Crippen LogP contribution in [0.3, 0.4) is 0 Å². The SMILES string of the molecule is Cc1cc(CCc2c[nH]c3ccccc23)oc(=O)c1C(=O)N1CCOC(CN)C1. The average Bonchev–Trinajstić information content (AvgIpc) is 3.15. The van der Waals surface area contributed by atoms with Gasteiger partial charge in [-0.05, 0) is 36.6 Å². The number of carbonyl (C=O) groups is 1. The molecule has 29 heavy (non-hydrogen) atoms. The first-order chi connectivity index (χ1) is 14.1. The molecule has 1 aliphatic rings. The Kier molecular flexibility index (Phi) is 5.51. The highest BCUT2D eigenvalue weighted by atomic mass is 16.5. The molecular weight excluding hydrogens is 370 g/mol. The van der Waals surface area contributed by atoms with E-state index in [2.05, 4.69) is 11.1 Å². The number of fused-ring (bicyclic) bond motifs is 1. The van der Waals surface area contributed by atoms with E-state index < -0.39 is 5.63 Å². The third-order valence-electron chi connectivity index (χ3n) is 5.42. The second-order valence-electron chi connectivity index (χ2n) is 7.40. The molecular formula is C22H25N3O4. The molecule has 0 aliphatic carbocycles. The molecule has 7 nitrogen and oxygen atoms in total. The van der Waals surface area contributed by atoms with E-state index >= 15 is 0 Å². The van der Waals surface area contributed by atoms with Crippen LogP contribution >= 0.6 is 0 Å². The number of benzene rings is 1. The van der Waals surface area contributed by atoms with E-state index in [0.29, 0.717) is 44.0 Å². The molecule has 152 valence electrons. The van der Waals surface area contributed by atoms with E-state index in [4.69, 9.17) is 14.9 Å². The summed E-state index contributed by atoms with van der Waals surface area (Å²) in [5.41, 5.74) is 8.05. The van der Waals surface area contributed by atoms with Crippen LogP contribution in [-0.2, 0) is 17.6 Å². The van der Waals surface area contributed by atoms with Crippen molar-refractivity contribution in [2.45, 2.75) is 25.9 Å². The third-order valence-corrected chi connectivity index (χ3v) is 5.42. The number of para-hydroxylation sites is 1. The second-order valence-corrected chi connectivity index (χ2v) is 7.40. The summed E-state index contributed by atoms with van der Waals surface area (Å²) >= 11 is 0. The number of hydrogen-bond acceptors (Lipinski definition) is 5. The van der Waals surface area contributed by atoms with E-state index in [0.717, 1.165) is 11.9 Å². The van der Waals surface area contributed by atoms with Crippen molar-refractivity contribution >= 4 is 16.8 Å². The molecule has 2 aromatic heterocycles. The van der Waals surface area contributed by atoms with Crippen molar-refractivity contribution in [3.8, 4) is 0 Å². The Bertz CT molecular complexity index is 1090. The van der Waals surface area contributed by atoms with E-state index in [9.17, 15) is 9.59 Å². The normalized spacial score (nSPS) is 17.0. The lowest BCUT2D eigenvalue weighted by molar-refractivity contribution is -0.0169. The molecule has 1 aliphatic heterocycles. The van der Waals surface area contributed by atoms with Gasteiger partial charge in [0.2, 0.25) is 0 Å². The number of rotatable bonds is 5. The highest BCUT2D eigenvalue weighted by Gasteiger charge is 2.27. The molecule has 0 radical (unpaired) electrons. The quantitative estimate of drug-likeness (QED) is 0.688. The van der Waals surface area contributed by atoms with Gasteiger partial charge in [0.25, 0.3) is 5.91 Å². The molecule has 1 fully saturated rings. The number of aromatic amines is 1. The van der Waals surface area contributed by atoms with Crippen molar-refractivity contribution < 1.29 is 13.9 Å². The lowest BCUT2D eigenvalue weighted by Crippen LogP contribution is -2.49. The summed E-state index contributed by atoms with van der Waals surface area (Å²) in [7, 11) is 0. The first kappa shape index (κ1) is 19.4. The van der Waals surface area contributed by atoms with Crippen LogP contribution in [0.4, 0.5) is 0 Å². The highest BCUT2D eigenvalue weighted by molar-refractivity contribution is 5.95. The molecule has 0 bridgehead atoms. The third kappa shape index (κ3) is 3.97. The van der Waals surface area contributed by atoms with Crippen molar-refractivity contribution in [2.75, 3.05) is 26.2 Å². The number of hydrogen-bond donors (Lipinski definition) is 2. The minimum absolute atomic E-state index is 0.0958. The van der Waals surface area contributed by atoms with Gasteiger partial charge < -0.3 is 24.8 Å². The Balaban J connectivity index is 1.51. The molecule has 3 N–H and O–H groups in total. The number of aryl methyl sites for hydroxylation is 3. The molecule has 3 aromatic rings. The monoisotopic (exact) mass is 395 g/mol. The van der Waals surface area contributed by atoms with Gasteiger partial charge in [0.1, 0.15) is 11.3 Å². The molecule has 4 rings (SSSR count). The van der Waals surface area contributed by atoms with Crippen LogP contribution in [0.1, 0.15) is 27.2 Å². The summed E-state index contributed by atoms with van der Waals surface area (Å²) in [5, 5.41) is 1.17. The summed E-state index contributed by atoms with van der Waals surface area (Å²) in [6.45, 7) is 3.36. The van der Waals surface area contributed by atoms with Crippen molar-refractivity contribution in [2.24, 2.45) is 5.73 Å². The number of amides is 1. The van der Waals surface area contributed by atoms with Crippen LogP contribution in [0.15, 0.2) is 45.7 Å². The molecule has 1 atom stereocenters. The first-order valence-electron chi connectivity index (χ1n) is 9.86. The van der Waals surface area contributed by atoms with Gasteiger partial charge in [-0.2, -0.15) is 0 Å². The number of morpholine rings is 1. The Hall–Kier alpha value is -2.90. The Morgan fingerprint density at radius 1 is 1.31 bits per heavy atom. The van der Waals surface area contributed by atoms with Gasteiger partial charge in [0.15, 0.2) is 0 Å². The number of H-pyrrole nitrogens is 1. The fraction of sp³-hybridized carbons (Fsp3) is 0.364. The van der Waals surface area contributed by atoms with E-state index in [1.807, 2.05) is 24.4 Å². The minimum atomic E-state index is -0.584. The zero-order chi connectivity index (χ0) is 20.4. The van der Waals surface area contributed by atoms with Crippen LogP contribution < -0.4 is 11.4 Å². The van der Waals surface area contributed by atoms with E-state index in [-0.39, 0.29) is 17.6 Å². The van der Waals surface area contributed by atoms with Gasteiger partial charge in [-0.3, -0.25) is 4.79 Å². The predicted molar refractivity (Wildman–Crippen MR) is 110 cm³/mol. The van der Waals surface area contributed by atoms with Crippen LogP contribution in [0, 0.1) is 6.92 Å². The van der Waals surface area contributed by atoms with Crippen molar-refractivity contribution in [3.63, 3.8) is 0 Å². The Morgan fingerprint density at radius 3 is 2.93 bits per heavy atom. The lowest BCUT2D eigenvalue weighted by atomic mass is 10.0. The van der Waals surface area contributed by atoms with Crippen LogP contribution in [0.5, 0.6) is 0 Å². The topological polar surface area (TPSA) is 102 Å². The maximum absolute atomic E-state index is 12.9. The molecule has 7 heteroatoms. The van der Waals surface area contributed by atoms with Gasteiger partial charge in [-0.1, -0.05) is 18.2 Å². The zero-order valence-corrected chi connectivity index (χ0v) is 16.4. The first-order valence-corrected chi connectivity index (χ1v) is 9.86. The van der Waals surface area contributed by atoms with E-state index in [1.54, 1.807) is 17.9 Å². The number of nitrogens with zero attached hydrogens (tertiary/aromatic N) is 1. The fourth-order valence-corrected chi connectivity index (χ4v) is 3.85. The number of aromatic nitrogens is 1. The van der Waals surface area contributed by atoms with Gasteiger partial charge >= 0.3 is 5.63 Å². The molecule has 0 saturated carbocycles. The molecule has 1 saturated heterocycles. The number of carbonyl (C=O) groups excluding carboxylic acids is 1.